The van der Waals surface area contributed by atoms with Gasteiger partial charge in [-0.15, -0.1) is 0 Å². The van der Waals surface area contributed by atoms with E-state index >= 15 is 0 Å². The van der Waals surface area contributed by atoms with Gasteiger partial charge >= 0.3 is 0 Å². The van der Waals surface area contributed by atoms with E-state index in [1.807, 2.05) is 6.92 Å². The van der Waals surface area contributed by atoms with E-state index in [4.69, 9.17) is 5.73 Å². The Labute approximate surface area is 117 Å². The summed E-state index contributed by atoms with van der Waals surface area (Å²) in [6.07, 6.45) is 0. The Morgan fingerprint density at radius 2 is 2.26 bits per heavy atom. The van der Waals surface area contributed by atoms with E-state index in [2.05, 4.69) is 0 Å². The quantitative estimate of drug-likeness (QED) is 0.917. The third kappa shape index (κ3) is 3.10. The van der Waals surface area contributed by atoms with Gasteiger partial charge in [-0.2, -0.15) is 16.1 Å². The predicted octanol–water partition coefficient (Wildman–Crippen LogP) is 1.41. The van der Waals surface area contributed by atoms with Crippen LogP contribution in [-0.4, -0.2) is 36.8 Å². The Kier molecular flexibility index (Phi) is 4.50. The van der Waals surface area contributed by atoms with Crippen molar-refractivity contribution in [2.75, 3.05) is 18.8 Å². The van der Waals surface area contributed by atoms with Crippen molar-refractivity contribution in [2.24, 2.45) is 5.73 Å². The highest BCUT2D eigenvalue weighted by Crippen LogP contribution is 2.25. The van der Waals surface area contributed by atoms with E-state index in [1.165, 1.54) is 16.4 Å². The maximum atomic E-state index is 13.4. The number of benzene rings is 1. The standard InChI is InChI=1S/C12H17FN2O2S2/c1-9-8-15(4-5-18-9)19(16,17)11-2-3-12(13)10(6-11)7-14/h2-3,6,9H,4-5,7-8,14H2,1H3. The van der Waals surface area contributed by atoms with E-state index < -0.39 is 15.8 Å². The van der Waals surface area contributed by atoms with Crippen molar-refractivity contribution in [1.29, 1.82) is 0 Å². The summed E-state index contributed by atoms with van der Waals surface area (Å²) in [5.41, 5.74) is 5.63. The lowest BCUT2D eigenvalue weighted by Crippen LogP contribution is -2.41. The Morgan fingerprint density at radius 3 is 2.89 bits per heavy atom. The average molecular weight is 304 g/mol. The lowest BCUT2D eigenvalue weighted by atomic mass is 10.2. The Morgan fingerprint density at radius 1 is 1.53 bits per heavy atom. The van der Waals surface area contributed by atoms with Gasteiger partial charge in [-0.05, 0) is 18.2 Å². The fourth-order valence-electron chi connectivity index (χ4n) is 2.02. The van der Waals surface area contributed by atoms with E-state index in [0.717, 1.165) is 11.8 Å². The smallest absolute Gasteiger partial charge is 0.243 e. The zero-order valence-electron chi connectivity index (χ0n) is 10.7. The Balaban J connectivity index is 2.33. The number of nitrogens with two attached hydrogens (primary N) is 1. The molecule has 4 nitrogen and oxygen atoms in total. The number of halogens is 1. The number of rotatable bonds is 3. The van der Waals surface area contributed by atoms with Gasteiger partial charge in [0.1, 0.15) is 5.82 Å². The van der Waals surface area contributed by atoms with Gasteiger partial charge in [0.25, 0.3) is 0 Å². The molecule has 1 aliphatic heterocycles. The lowest BCUT2D eigenvalue weighted by Gasteiger charge is -2.29. The van der Waals surface area contributed by atoms with Gasteiger partial charge in [-0.1, -0.05) is 6.92 Å². The van der Waals surface area contributed by atoms with Crippen LogP contribution in [0.1, 0.15) is 12.5 Å². The van der Waals surface area contributed by atoms with Crippen molar-refractivity contribution < 1.29 is 12.8 Å². The molecule has 2 rings (SSSR count). The van der Waals surface area contributed by atoms with Crippen molar-refractivity contribution in [1.82, 2.24) is 4.31 Å². The number of nitrogens with zero attached hydrogens (tertiary/aromatic N) is 1. The molecule has 7 heteroatoms. The van der Waals surface area contributed by atoms with Crippen molar-refractivity contribution in [3.8, 4) is 0 Å². The van der Waals surface area contributed by atoms with Gasteiger partial charge in [0.2, 0.25) is 10.0 Å². The second-order valence-corrected chi connectivity index (χ2v) is 7.99. The van der Waals surface area contributed by atoms with Crippen LogP contribution in [0.2, 0.25) is 0 Å². The third-order valence-electron chi connectivity index (χ3n) is 3.08. The van der Waals surface area contributed by atoms with Crippen LogP contribution in [0.3, 0.4) is 0 Å². The molecular weight excluding hydrogens is 287 g/mol. The lowest BCUT2D eigenvalue weighted by molar-refractivity contribution is 0.424. The fourth-order valence-corrected chi connectivity index (χ4v) is 4.83. The molecule has 0 amide bonds. The molecule has 1 saturated heterocycles. The van der Waals surface area contributed by atoms with Gasteiger partial charge in [0.15, 0.2) is 0 Å². The molecule has 0 bridgehead atoms. The number of thioether (sulfide) groups is 1. The van der Waals surface area contributed by atoms with Gasteiger partial charge < -0.3 is 5.73 Å². The van der Waals surface area contributed by atoms with Crippen LogP contribution >= 0.6 is 11.8 Å². The summed E-state index contributed by atoms with van der Waals surface area (Å²) in [7, 11) is -3.55. The minimum absolute atomic E-state index is 0.0125. The molecule has 0 aliphatic carbocycles. The topological polar surface area (TPSA) is 63.4 Å². The summed E-state index contributed by atoms with van der Waals surface area (Å²) in [5, 5.41) is 0.276. The second-order valence-electron chi connectivity index (χ2n) is 4.50. The van der Waals surface area contributed by atoms with Gasteiger partial charge in [-0.3, -0.25) is 0 Å². The van der Waals surface area contributed by atoms with Crippen LogP contribution in [0.25, 0.3) is 0 Å². The van der Waals surface area contributed by atoms with Crippen molar-refractivity contribution in [3.05, 3.63) is 29.6 Å². The Bertz CT molecular complexity index is 563. The zero-order chi connectivity index (χ0) is 14.0. The van der Waals surface area contributed by atoms with Crippen molar-refractivity contribution >= 4 is 21.8 Å². The first-order chi connectivity index (χ1) is 8.95. The fraction of sp³-hybridized carbons (Fsp3) is 0.500. The molecule has 1 aromatic rings. The zero-order valence-corrected chi connectivity index (χ0v) is 12.3. The van der Waals surface area contributed by atoms with Crippen LogP contribution in [0.5, 0.6) is 0 Å². The Hall–Kier alpha value is -0.630. The summed E-state index contributed by atoms with van der Waals surface area (Å²) in [6, 6.07) is 3.80. The normalized spacial score (nSPS) is 21.5. The maximum absolute atomic E-state index is 13.4. The first-order valence-corrected chi connectivity index (χ1v) is 8.54. The molecule has 2 N–H and O–H groups in total. The monoisotopic (exact) mass is 304 g/mol. The highest BCUT2D eigenvalue weighted by Gasteiger charge is 2.29. The summed E-state index contributed by atoms with van der Waals surface area (Å²) in [4.78, 5) is 0.119. The highest BCUT2D eigenvalue weighted by atomic mass is 32.2. The van der Waals surface area contributed by atoms with Gasteiger partial charge in [-0.25, -0.2) is 12.8 Å². The molecule has 1 aromatic carbocycles. The van der Waals surface area contributed by atoms with E-state index in [-0.39, 0.29) is 22.3 Å². The van der Waals surface area contributed by atoms with Crippen LogP contribution in [0, 0.1) is 5.82 Å². The first kappa shape index (κ1) is 14.8. The molecule has 1 atom stereocenters. The van der Waals surface area contributed by atoms with E-state index in [9.17, 15) is 12.8 Å². The maximum Gasteiger partial charge on any atom is 0.243 e. The van der Waals surface area contributed by atoms with Crippen LogP contribution < -0.4 is 5.73 Å². The summed E-state index contributed by atoms with van der Waals surface area (Å²) in [5.74, 6) is 0.315. The average Bonchev–Trinajstić information content (AvgIpc) is 2.39. The number of hydrogen-bond donors (Lipinski definition) is 1. The highest BCUT2D eigenvalue weighted by molar-refractivity contribution is 8.00. The third-order valence-corrected chi connectivity index (χ3v) is 6.08. The number of sulfonamides is 1. The van der Waals surface area contributed by atoms with Gasteiger partial charge in [0, 0.05) is 36.2 Å². The summed E-state index contributed by atoms with van der Waals surface area (Å²) >= 11 is 1.76. The van der Waals surface area contributed by atoms with E-state index in [0.29, 0.717) is 13.1 Å². The molecule has 106 valence electrons. The SMILES string of the molecule is CC1CN(S(=O)(=O)c2ccc(F)c(CN)c2)CCS1. The van der Waals surface area contributed by atoms with Crippen molar-refractivity contribution in [2.45, 2.75) is 23.6 Å². The molecule has 19 heavy (non-hydrogen) atoms. The molecule has 1 aliphatic rings. The molecule has 1 unspecified atom stereocenters. The summed E-state index contributed by atoms with van der Waals surface area (Å²) < 4.78 is 39.8. The molecule has 0 aromatic heterocycles. The van der Waals surface area contributed by atoms with E-state index in [1.54, 1.807) is 11.8 Å². The molecule has 1 fully saturated rings. The van der Waals surface area contributed by atoms with Crippen LogP contribution in [-0.2, 0) is 16.6 Å². The second kappa shape index (κ2) is 5.78. The summed E-state index contributed by atoms with van der Waals surface area (Å²) in [6.45, 7) is 2.97. The minimum atomic E-state index is -3.55. The van der Waals surface area contributed by atoms with Crippen molar-refractivity contribution in [3.63, 3.8) is 0 Å². The first-order valence-electron chi connectivity index (χ1n) is 6.05. The molecule has 0 spiro atoms. The predicted molar refractivity (Wildman–Crippen MR) is 75.0 cm³/mol. The minimum Gasteiger partial charge on any atom is -0.326 e. The van der Waals surface area contributed by atoms with Crippen LogP contribution in [0.4, 0.5) is 4.39 Å². The molecule has 0 radical (unpaired) electrons. The molecule has 1 heterocycles. The van der Waals surface area contributed by atoms with Crippen LogP contribution in [0.15, 0.2) is 23.1 Å². The largest absolute Gasteiger partial charge is 0.326 e. The number of hydrogen-bond acceptors (Lipinski definition) is 4. The van der Waals surface area contributed by atoms with Gasteiger partial charge in [0.05, 0.1) is 4.90 Å². The molecular formula is C12H17FN2O2S2. The molecule has 0 saturated carbocycles.